The highest BCUT2D eigenvalue weighted by atomic mass is 16.2. The van der Waals surface area contributed by atoms with Crippen LogP contribution in [-0.4, -0.2) is 57.6 Å². The van der Waals surface area contributed by atoms with Crippen LogP contribution in [0.4, 0.5) is 17.5 Å². The van der Waals surface area contributed by atoms with E-state index in [1.54, 1.807) is 4.90 Å². The van der Waals surface area contributed by atoms with Gasteiger partial charge in [-0.1, -0.05) is 18.7 Å². The summed E-state index contributed by atoms with van der Waals surface area (Å²) in [6.45, 7) is 8.25. The van der Waals surface area contributed by atoms with Crippen molar-refractivity contribution in [2.45, 2.75) is 38.8 Å². The smallest absolute Gasteiger partial charge is 0.273 e. The van der Waals surface area contributed by atoms with Crippen molar-refractivity contribution in [3.05, 3.63) is 48.2 Å². The maximum atomic E-state index is 12.2. The van der Waals surface area contributed by atoms with Crippen molar-refractivity contribution in [3.63, 3.8) is 0 Å². The van der Waals surface area contributed by atoms with E-state index in [2.05, 4.69) is 27.1 Å². The van der Waals surface area contributed by atoms with Crippen LogP contribution in [0.25, 0.3) is 0 Å². The molecule has 0 spiro atoms. The Morgan fingerprint density at radius 2 is 2.13 bits per heavy atom. The zero-order chi connectivity index (χ0) is 21.8. The van der Waals surface area contributed by atoms with E-state index in [0.29, 0.717) is 12.5 Å². The number of aromatic nitrogens is 3. The lowest BCUT2D eigenvalue weighted by Crippen LogP contribution is -2.55. The Morgan fingerprint density at radius 1 is 1.37 bits per heavy atom. The summed E-state index contributed by atoms with van der Waals surface area (Å²) in [5, 5.41) is 11.3. The van der Waals surface area contributed by atoms with E-state index in [4.69, 9.17) is 5.73 Å². The number of carbonyl (C=O) groups is 2. The van der Waals surface area contributed by atoms with Gasteiger partial charge in [0, 0.05) is 25.3 Å². The molecule has 1 aromatic heterocycles. The number of carbonyl (C=O) groups excluding carboxylic acids is 2. The Hall–Kier alpha value is -3.49. The lowest BCUT2D eigenvalue weighted by molar-refractivity contribution is -0.129. The summed E-state index contributed by atoms with van der Waals surface area (Å²) in [6, 6.07) is 7.61. The lowest BCUT2D eigenvalue weighted by Gasteiger charge is -2.42. The molecule has 0 radical (unpaired) electrons. The molecule has 0 bridgehead atoms. The maximum Gasteiger partial charge on any atom is 0.273 e. The second-order valence-corrected chi connectivity index (χ2v) is 7.46. The van der Waals surface area contributed by atoms with Crippen molar-refractivity contribution < 1.29 is 9.59 Å². The van der Waals surface area contributed by atoms with Gasteiger partial charge in [0.05, 0.1) is 6.04 Å². The monoisotopic (exact) mass is 409 g/mol. The lowest BCUT2D eigenvalue weighted by atomic mass is 9.96. The van der Waals surface area contributed by atoms with Gasteiger partial charge in [-0.05, 0) is 50.5 Å². The average molecular weight is 409 g/mol. The standard InChI is InChI=1S/C21H27N7O2/c1-5-17(29)28-11-7-10-16(14(28)3)27(4)21-24-20(18(19(22)30)25-26-21)23-15-9-6-8-13(2)12-15/h5-6,8-9,12,14,16H,1,7,10-11H2,2-4H3,(H2,22,30)(H,23,24,26)/t14-,16-/m1/s1. The van der Waals surface area contributed by atoms with E-state index in [1.807, 2.05) is 50.1 Å². The minimum absolute atomic E-state index is 0.00398. The molecule has 2 atom stereocenters. The summed E-state index contributed by atoms with van der Waals surface area (Å²) in [5.41, 5.74) is 7.26. The number of amides is 2. The van der Waals surface area contributed by atoms with Crippen LogP contribution in [-0.2, 0) is 4.79 Å². The molecule has 2 heterocycles. The highest BCUT2D eigenvalue weighted by molar-refractivity contribution is 5.96. The Bertz CT molecular complexity index is 962. The van der Waals surface area contributed by atoms with Gasteiger partial charge in [0.25, 0.3) is 5.91 Å². The molecule has 158 valence electrons. The summed E-state index contributed by atoms with van der Waals surface area (Å²) in [4.78, 5) is 32.2. The molecule has 2 amide bonds. The number of nitrogens with one attached hydrogen (secondary N) is 1. The number of likely N-dealkylation sites (tertiary alicyclic amines) is 1. The average Bonchev–Trinajstić information content (AvgIpc) is 2.72. The van der Waals surface area contributed by atoms with Gasteiger partial charge in [-0.15, -0.1) is 10.2 Å². The number of piperidine rings is 1. The van der Waals surface area contributed by atoms with Gasteiger partial charge < -0.3 is 20.9 Å². The molecule has 2 aromatic rings. The first-order valence-electron chi connectivity index (χ1n) is 9.86. The van der Waals surface area contributed by atoms with Gasteiger partial charge in [-0.25, -0.2) is 0 Å². The van der Waals surface area contributed by atoms with E-state index < -0.39 is 5.91 Å². The maximum absolute atomic E-state index is 12.2. The van der Waals surface area contributed by atoms with Crippen LogP contribution in [0.1, 0.15) is 35.8 Å². The van der Waals surface area contributed by atoms with Crippen molar-refractivity contribution in [2.24, 2.45) is 5.73 Å². The molecule has 1 aromatic carbocycles. The van der Waals surface area contributed by atoms with E-state index in [1.165, 1.54) is 6.08 Å². The molecule has 0 saturated carbocycles. The molecular weight excluding hydrogens is 382 g/mol. The Morgan fingerprint density at radius 3 is 2.80 bits per heavy atom. The number of hydrogen-bond donors (Lipinski definition) is 2. The molecule has 9 heteroatoms. The van der Waals surface area contributed by atoms with Crippen LogP contribution in [0.2, 0.25) is 0 Å². The second kappa shape index (κ2) is 8.89. The Labute approximate surface area is 176 Å². The van der Waals surface area contributed by atoms with Crippen LogP contribution in [0.3, 0.4) is 0 Å². The number of aryl methyl sites for hydroxylation is 1. The first-order valence-corrected chi connectivity index (χ1v) is 9.86. The third-order valence-electron chi connectivity index (χ3n) is 5.41. The molecule has 0 unspecified atom stereocenters. The highest BCUT2D eigenvalue weighted by Crippen LogP contribution is 2.26. The number of rotatable bonds is 6. The quantitative estimate of drug-likeness (QED) is 0.701. The van der Waals surface area contributed by atoms with E-state index in [0.717, 1.165) is 24.1 Å². The van der Waals surface area contributed by atoms with Gasteiger partial charge in [0.15, 0.2) is 11.5 Å². The summed E-state index contributed by atoms with van der Waals surface area (Å²) < 4.78 is 0. The number of likely N-dealkylation sites (N-methyl/N-ethyl adjacent to an activating group) is 1. The number of anilines is 3. The van der Waals surface area contributed by atoms with Gasteiger partial charge in [-0.2, -0.15) is 4.98 Å². The third kappa shape index (κ3) is 4.40. The van der Waals surface area contributed by atoms with Gasteiger partial charge in [0.2, 0.25) is 11.9 Å². The van der Waals surface area contributed by atoms with Crippen molar-refractivity contribution in [2.75, 3.05) is 23.8 Å². The minimum Gasteiger partial charge on any atom is -0.364 e. The molecule has 1 aliphatic heterocycles. The summed E-state index contributed by atoms with van der Waals surface area (Å²) in [7, 11) is 1.86. The number of nitrogens with two attached hydrogens (primary N) is 1. The molecular formula is C21H27N7O2. The number of benzene rings is 1. The fourth-order valence-electron chi connectivity index (χ4n) is 3.80. The first-order chi connectivity index (χ1) is 14.3. The molecule has 30 heavy (non-hydrogen) atoms. The second-order valence-electron chi connectivity index (χ2n) is 7.46. The van der Waals surface area contributed by atoms with Crippen LogP contribution in [0.5, 0.6) is 0 Å². The van der Waals surface area contributed by atoms with Crippen molar-refractivity contribution in [1.29, 1.82) is 0 Å². The fraction of sp³-hybridized carbons (Fsp3) is 0.381. The third-order valence-corrected chi connectivity index (χ3v) is 5.41. The summed E-state index contributed by atoms with van der Waals surface area (Å²) >= 11 is 0. The van der Waals surface area contributed by atoms with Crippen LogP contribution in [0, 0.1) is 6.92 Å². The largest absolute Gasteiger partial charge is 0.364 e. The van der Waals surface area contributed by atoms with Gasteiger partial charge >= 0.3 is 0 Å². The minimum atomic E-state index is -0.715. The normalized spacial score (nSPS) is 18.6. The van der Waals surface area contributed by atoms with E-state index >= 15 is 0 Å². The topological polar surface area (TPSA) is 117 Å². The molecule has 1 fully saturated rings. The molecule has 1 aliphatic rings. The predicted molar refractivity (Wildman–Crippen MR) is 116 cm³/mol. The van der Waals surface area contributed by atoms with Crippen molar-refractivity contribution in [3.8, 4) is 0 Å². The molecule has 3 N–H and O–H groups in total. The summed E-state index contributed by atoms with van der Waals surface area (Å²) in [5.74, 6) is -0.217. The van der Waals surface area contributed by atoms with Gasteiger partial charge in [-0.3, -0.25) is 9.59 Å². The number of nitrogens with zero attached hydrogens (tertiary/aromatic N) is 5. The Balaban J connectivity index is 1.91. The highest BCUT2D eigenvalue weighted by Gasteiger charge is 2.34. The zero-order valence-corrected chi connectivity index (χ0v) is 17.5. The summed E-state index contributed by atoms with van der Waals surface area (Å²) in [6.07, 6.45) is 3.07. The van der Waals surface area contributed by atoms with Gasteiger partial charge in [0.1, 0.15) is 0 Å². The van der Waals surface area contributed by atoms with Crippen molar-refractivity contribution in [1.82, 2.24) is 20.1 Å². The van der Waals surface area contributed by atoms with Crippen molar-refractivity contribution >= 4 is 29.3 Å². The Kier molecular flexibility index (Phi) is 6.29. The number of hydrogen-bond acceptors (Lipinski definition) is 7. The molecule has 9 nitrogen and oxygen atoms in total. The zero-order valence-electron chi connectivity index (χ0n) is 17.5. The van der Waals surface area contributed by atoms with Crippen LogP contribution < -0.4 is 16.0 Å². The van der Waals surface area contributed by atoms with E-state index in [-0.39, 0.29) is 29.5 Å². The predicted octanol–water partition coefficient (Wildman–Crippen LogP) is 2.02. The molecule has 1 saturated heterocycles. The van der Waals surface area contributed by atoms with Crippen LogP contribution in [0.15, 0.2) is 36.9 Å². The molecule has 3 rings (SSSR count). The fourth-order valence-corrected chi connectivity index (χ4v) is 3.80. The van der Waals surface area contributed by atoms with Crippen LogP contribution >= 0.6 is 0 Å². The van der Waals surface area contributed by atoms with E-state index in [9.17, 15) is 9.59 Å². The molecule has 0 aliphatic carbocycles. The number of primary amides is 1. The SMILES string of the molecule is C=CC(=O)N1CCC[C@@H](N(C)c2nnc(C(N)=O)c(Nc3cccc(C)c3)n2)[C@H]1C. The first kappa shape index (κ1) is 21.2.